The number of hydrogen-bond donors (Lipinski definition) is 1. The van der Waals surface area contributed by atoms with Crippen molar-refractivity contribution in [2.24, 2.45) is 29.6 Å². The lowest BCUT2D eigenvalue weighted by Crippen LogP contribution is -2.45. The highest BCUT2D eigenvalue weighted by molar-refractivity contribution is 6.30. The van der Waals surface area contributed by atoms with Gasteiger partial charge >= 0.3 is 0 Å². The molecule has 1 aromatic carbocycles. The van der Waals surface area contributed by atoms with E-state index < -0.39 is 0 Å². The van der Waals surface area contributed by atoms with Gasteiger partial charge in [0.25, 0.3) is 5.91 Å². The van der Waals surface area contributed by atoms with E-state index in [1.165, 1.54) is 44.9 Å². The van der Waals surface area contributed by atoms with Crippen molar-refractivity contribution in [1.82, 2.24) is 25.1 Å². The number of hydrogen-bond acceptors (Lipinski definition) is 4. The molecule has 0 aliphatic heterocycles. The Balaban J connectivity index is 1.16. The lowest BCUT2D eigenvalue weighted by atomic mass is 9.51. The fraction of sp³-hybridized carbons (Fsp3) is 0.500. The number of carbonyl (C=O) groups is 1. The van der Waals surface area contributed by atoms with Crippen LogP contribution in [0, 0.1) is 36.5 Å². The number of aromatic nitrogens is 4. The van der Waals surface area contributed by atoms with Crippen LogP contribution in [-0.2, 0) is 0 Å². The summed E-state index contributed by atoms with van der Waals surface area (Å²) in [5.74, 6) is 5.26. The number of rotatable bonds is 7. The van der Waals surface area contributed by atoms with E-state index in [-0.39, 0.29) is 5.91 Å². The van der Waals surface area contributed by atoms with Gasteiger partial charge in [0.2, 0.25) is 0 Å². The second-order valence-corrected chi connectivity index (χ2v) is 11.2. The van der Waals surface area contributed by atoms with Crippen molar-refractivity contribution in [3.05, 3.63) is 59.1 Å². The summed E-state index contributed by atoms with van der Waals surface area (Å²) in [5, 5.41) is 8.50. The van der Waals surface area contributed by atoms with Gasteiger partial charge in [-0.25, -0.2) is 14.6 Å². The highest BCUT2D eigenvalue weighted by Crippen LogP contribution is 2.57. The Bertz CT molecular complexity index is 1180. The second kappa shape index (κ2) is 9.38. The molecule has 35 heavy (non-hydrogen) atoms. The molecule has 0 unspecified atom stereocenters. The van der Waals surface area contributed by atoms with Gasteiger partial charge in [0.05, 0.1) is 5.69 Å². The van der Waals surface area contributed by atoms with Crippen LogP contribution in [0.1, 0.15) is 61.0 Å². The normalized spacial score (nSPS) is 26.7. The van der Waals surface area contributed by atoms with E-state index >= 15 is 0 Å². The van der Waals surface area contributed by atoms with Gasteiger partial charge in [-0.1, -0.05) is 23.7 Å². The Morgan fingerprint density at radius 2 is 1.77 bits per heavy atom. The molecule has 4 aliphatic carbocycles. The van der Waals surface area contributed by atoms with Crippen LogP contribution in [0.5, 0.6) is 0 Å². The standard InChI is InChI=1S/C28H32ClN5O/c1-17-26(28(35)31-9-2-3-24-21-12-18-11-19(14-21)15-22(24)13-18)33-34(25-8-10-30-16-32-25)27(17)20-4-6-23(29)7-5-20/h4-8,10,16,18-19,21-22,24H,2-3,9,11-15H2,1H3,(H,31,35). The number of amides is 1. The summed E-state index contributed by atoms with van der Waals surface area (Å²) >= 11 is 6.11. The van der Waals surface area contributed by atoms with E-state index in [9.17, 15) is 4.79 Å². The Kier molecular flexibility index (Phi) is 6.09. The van der Waals surface area contributed by atoms with Gasteiger partial charge < -0.3 is 5.32 Å². The molecule has 2 heterocycles. The molecule has 2 aromatic heterocycles. The lowest BCUT2D eigenvalue weighted by molar-refractivity contribution is -0.0401. The van der Waals surface area contributed by atoms with Crippen LogP contribution >= 0.6 is 11.6 Å². The summed E-state index contributed by atoms with van der Waals surface area (Å²) in [5.41, 5.74) is 3.02. The Morgan fingerprint density at radius 1 is 1.06 bits per heavy atom. The van der Waals surface area contributed by atoms with E-state index in [1.54, 1.807) is 16.9 Å². The van der Waals surface area contributed by atoms with Gasteiger partial charge in [-0.15, -0.1) is 0 Å². The van der Waals surface area contributed by atoms with E-state index in [4.69, 9.17) is 11.6 Å². The first-order valence-electron chi connectivity index (χ1n) is 13.0. The first-order valence-corrected chi connectivity index (χ1v) is 13.3. The minimum atomic E-state index is -0.129. The Hall–Kier alpha value is -2.73. The molecule has 6 nitrogen and oxygen atoms in total. The van der Waals surface area contributed by atoms with Crippen LogP contribution in [0.4, 0.5) is 0 Å². The molecule has 4 aliphatic rings. The summed E-state index contributed by atoms with van der Waals surface area (Å²) in [4.78, 5) is 21.6. The van der Waals surface area contributed by atoms with Gasteiger partial charge in [0.15, 0.2) is 11.5 Å². The Labute approximate surface area is 211 Å². The molecular formula is C28H32ClN5O. The summed E-state index contributed by atoms with van der Waals surface area (Å²) in [6, 6.07) is 9.36. The quantitative estimate of drug-likeness (QED) is 0.421. The van der Waals surface area contributed by atoms with Crippen molar-refractivity contribution in [2.75, 3.05) is 6.54 Å². The zero-order valence-electron chi connectivity index (χ0n) is 20.2. The number of halogens is 1. The smallest absolute Gasteiger partial charge is 0.272 e. The predicted octanol–water partition coefficient (Wildman–Crippen LogP) is 5.87. The van der Waals surface area contributed by atoms with Gasteiger partial charge in [0, 0.05) is 35.0 Å². The highest BCUT2D eigenvalue weighted by atomic mass is 35.5. The van der Waals surface area contributed by atoms with E-state index in [1.807, 2.05) is 31.2 Å². The summed E-state index contributed by atoms with van der Waals surface area (Å²) < 4.78 is 1.73. The monoisotopic (exact) mass is 489 g/mol. The molecule has 0 atom stereocenters. The molecule has 4 fully saturated rings. The highest BCUT2D eigenvalue weighted by Gasteiger charge is 2.47. The van der Waals surface area contributed by atoms with Crippen molar-refractivity contribution < 1.29 is 4.79 Å². The minimum Gasteiger partial charge on any atom is -0.351 e. The molecule has 182 valence electrons. The van der Waals surface area contributed by atoms with Gasteiger partial charge in [0.1, 0.15) is 6.33 Å². The first kappa shape index (κ1) is 22.7. The van der Waals surface area contributed by atoms with Crippen molar-refractivity contribution in [1.29, 1.82) is 0 Å². The maximum absolute atomic E-state index is 13.2. The van der Waals surface area contributed by atoms with Crippen molar-refractivity contribution in [3.8, 4) is 17.1 Å². The minimum absolute atomic E-state index is 0.129. The molecule has 1 amide bonds. The van der Waals surface area contributed by atoms with Crippen LogP contribution in [0.2, 0.25) is 5.02 Å². The second-order valence-electron chi connectivity index (χ2n) is 10.8. The van der Waals surface area contributed by atoms with Gasteiger partial charge in [-0.3, -0.25) is 4.79 Å². The number of benzene rings is 1. The van der Waals surface area contributed by atoms with Crippen LogP contribution in [-0.4, -0.2) is 32.2 Å². The molecule has 1 N–H and O–H groups in total. The average Bonchev–Trinajstić information content (AvgIpc) is 3.21. The number of nitrogens with zero attached hydrogens (tertiary/aromatic N) is 4. The van der Waals surface area contributed by atoms with Crippen molar-refractivity contribution in [2.45, 2.75) is 51.9 Å². The topological polar surface area (TPSA) is 72.7 Å². The summed E-state index contributed by atoms with van der Waals surface area (Å²) in [6.07, 6.45) is 12.8. The Morgan fingerprint density at radius 3 is 2.43 bits per heavy atom. The summed E-state index contributed by atoms with van der Waals surface area (Å²) in [7, 11) is 0. The first-order chi connectivity index (χ1) is 17.1. The summed E-state index contributed by atoms with van der Waals surface area (Å²) in [6.45, 7) is 2.63. The third-order valence-corrected chi connectivity index (χ3v) is 8.91. The van der Waals surface area contributed by atoms with Crippen molar-refractivity contribution >= 4 is 17.5 Å². The number of nitrogens with one attached hydrogen (secondary N) is 1. The zero-order chi connectivity index (χ0) is 23.9. The molecule has 4 bridgehead atoms. The zero-order valence-corrected chi connectivity index (χ0v) is 20.9. The SMILES string of the molecule is Cc1c(C(=O)NCCCC2C3CC4CC(C3)CC2C4)nn(-c2ccncn2)c1-c1ccc(Cl)cc1. The molecule has 0 saturated heterocycles. The molecular weight excluding hydrogens is 458 g/mol. The predicted molar refractivity (Wildman–Crippen MR) is 136 cm³/mol. The van der Waals surface area contributed by atoms with E-state index in [2.05, 4.69) is 20.4 Å². The fourth-order valence-electron chi connectivity index (χ4n) is 7.37. The van der Waals surface area contributed by atoms with E-state index in [0.29, 0.717) is 23.1 Å². The third kappa shape index (κ3) is 4.37. The molecule has 3 aromatic rings. The molecule has 7 heteroatoms. The largest absolute Gasteiger partial charge is 0.351 e. The number of carbonyl (C=O) groups excluding carboxylic acids is 1. The molecule has 0 radical (unpaired) electrons. The average molecular weight is 490 g/mol. The molecule has 0 spiro atoms. The fourth-order valence-corrected chi connectivity index (χ4v) is 7.49. The molecule has 7 rings (SSSR count). The molecule has 4 saturated carbocycles. The van der Waals surface area contributed by atoms with Crippen LogP contribution < -0.4 is 5.32 Å². The van der Waals surface area contributed by atoms with Gasteiger partial charge in [-0.05, 0) is 93.6 Å². The van der Waals surface area contributed by atoms with Crippen LogP contribution in [0.3, 0.4) is 0 Å². The lowest BCUT2D eigenvalue weighted by Gasteiger charge is -2.54. The maximum atomic E-state index is 13.2. The van der Waals surface area contributed by atoms with E-state index in [0.717, 1.165) is 52.8 Å². The van der Waals surface area contributed by atoms with Crippen molar-refractivity contribution in [3.63, 3.8) is 0 Å². The van der Waals surface area contributed by atoms with Crippen LogP contribution in [0.25, 0.3) is 17.1 Å². The van der Waals surface area contributed by atoms with Gasteiger partial charge in [-0.2, -0.15) is 5.10 Å². The van der Waals surface area contributed by atoms with Crippen LogP contribution in [0.15, 0.2) is 42.9 Å². The maximum Gasteiger partial charge on any atom is 0.272 e. The third-order valence-electron chi connectivity index (χ3n) is 8.66.